The number of anilines is 2. The molecule has 0 saturated carbocycles. The molecule has 0 fully saturated rings. The zero-order valence-corrected chi connectivity index (χ0v) is 12.9. The van der Waals surface area contributed by atoms with Crippen LogP contribution in [0.15, 0.2) is 0 Å². The average Bonchev–Trinajstić information content (AvgIpc) is 2.50. The summed E-state index contributed by atoms with van der Waals surface area (Å²) < 4.78 is 82.5. The molecule has 2 aromatic rings. The number of nitrogens with two attached hydrogens (primary N) is 2. The number of rotatable bonds is 1. The Morgan fingerprint density at radius 3 is 1.32 bits per heavy atom. The highest BCUT2D eigenvalue weighted by molar-refractivity contribution is 7.36. The molecule has 10 heteroatoms. The quantitative estimate of drug-likeness (QED) is 0.357. The van der Waals surface area contributed by atoms with Crippen LogP contribution in [-0.2, 0) is 0 Å². The summed E-state index contributed by atoms with van der Waals surface area (Å²) in [7, 11) is 3.82. The second-order valence-corrected chi connectivity index (χ2v) is 5.44. The molecule has 118 valence electrons. The highest BCUT2D eigenvalue weighted by atomic mass is 31.0. The molecule has 2 atom stereocenters. The predicted molar refractivity (Wildman–Crippen MR) is 79.1 cm³/mol. The van der Waals surface area contributed by atoms with Crippen molar-refractivity contribution in [2.75, 3.05) is 11.5 Å². The van der Waals surface area contributed by atoms with Crippen molar-refractivity contribution in [3.63, 3.8) is 0 Å². The monoisotopic (exact) mass is 356 g/mol. The number of benzene rings is 2. The van der Waals surface area contributed by atoms with Crippen molar-refractivity contribution in [3.8, 4) is 11.1 Å². The van der Waals surface area contributed by atoms with Crippen molar-refractivity contribution in [2.24, 2.45) is 0 Å². The molecule has 22 heavy (non-hydrogen) atoms. The normalized spacial score (nSPS) is 11.1. The molecule has 0 radical (unpaired) electrons. The van der Waals surface area contributed by atoms with Gasteiger partial charge in [0.1, 0.15) is 5.69 Å². The van der Waals surface area contributed by atoms with Crippen LogP contribution in [0.3, 0.4) is 0 Å². The van der Waals surface area contributed by atoms with Crippen molar-refractivity contribution < 1.29 is 26.3 Å². The summed E-state index contributed by atoms with van der Waals surface area (Å²) in [5.74, 6) is -11.0. The summed E-state index contributed by atoms with van der Waals surface area (Å²) in [5.41, 5.74) is 5.72. The summed E-state index contributed by atoms with van der Waals surface area (Å²) in [6.45, 7) is 0. The van der Waals surface area contributed by atoms with Crippen LogP contribution in [0.5, 0.6) is 0 Å². The van der Waals surface area contributed by atoms with E-state index in [0.717, 1.165) is 0 Å². The zero-order chi connectivity index (χ0) is 16.9. The van der Waals surface area contributed by atoms with E-state index < -0.39 is 57.4 Å². The van der Waals surface area contributed by atoms with Crippen molar-refractivity contribution in [3.05, 3.63) is 34.9 Å². The van der Waals surface area contributed by atoms with E-state index >= 15 is 0 Å². The lowest BCUT2D eigenvalue weighted by Gasteiger charge is -2.16. The Labute approximate surface area is 125 Å². The Hall–Kier alpha value is -1.52. The Kier molecular flexibility index (Phi) is 4.28. The van der Waals surface area contributed by atoms with Gasteiger partial charge >= 0.3 is 0 Å². The molecule has 0 heterocycles. The molecule has 0 aliphatic heterocycles. The van der Waals surface area contributed by atoms with Crippen molar-refractivity contribution >= 4 is 40.5 Å². The molecular weight excluding hydrogens is 348 g/mol. The number of hydrogen-bond donors (Lipinski definition) is 2. The van der Waals surface area contributed by atoms with Crippen LogP contribution >= 0.6 is 18.5 Å². The van der Waals surface area contributed by atoms with Crippen LogP contribution in [0.2, 0.25) is 0 Å². The van der Waals surface area contributed by atoms with Crippen molar-refractivity contribution in [2.45, 2.75) is 0 Å². The summed E-state index contributed by atoms with van der Waals surface area (Å²) in [5, 5.41) is -0.405. The standard InChI is InChI=1S/C12H8F6N2P2/c13-3-1(4(14)7(17)9(19)6(3)16)2-5(15)8(18)10(20)12(22)11(2)21/h19-22H2. The summed E-state index contributed by atoms with van der Waals surface area (Å²) in [6, 6.07) is 0. The van der Waals surface area contributed by atoms with E-state index in [1.807, 2.05) is 18.5 Å². The van der Waals surface area contributed by atoms with E-state index in [9.17, 15) is 26.3 Å². The van der Waals surface area contributed by atoms with E-state index in [1.165, 1.54) is 0 Å². The topological polar surface area (TPSA) is 52.0 Å². The summed E-state index contributed by atoms with van der Waals surface area (Å²) in [4.78, 5) is 0. The molecular formula is C12H8F6N2P2. The van der Waals surface area contributed by atoms with Crippen LogP contribution < -0.4 is 22.1 Å². The lowest BCUT2D eigenvalue weighted by molar-refractivity contribution is 0.461. The van der Waals surface area contributed by atoms with E-state index in [1.54, 1.807) is 0 Å². The molecule has 0 amide bonds. The third kappa shape index (κ3) is 2.22. The van der Waals surface area contributed by atoms with Gasteiger partial charge in [0.2, 0.25) is 0 Å². The first-order chi connectivity index (χ1) is 10.1. The zero-order valence-electron chi connectivity index (χ0n) is 10.6. The van der Waals surface area contributed by atoms with E-state index in [0.29, 0.717) is 0 Å². The van der Waals surface area contributed by atoms with Crippen LogP contribution in [0.25, 0.3) is 11.1 Å². The molecule has 4 N–H and O–H groups in total. The maximum Gasteiger partial charge on any atom is 0.185 e. The van der Waals surface area contributed by atoms with Gasteiger partial charge in [0.05, 0.1) is 11.3 Å². The molecule has 0 aliphatic rings. The molecule has 0 saturated heterocycles. The largest absolute Gasteiger partial charge is 0.396 e. The van der Waals surface area contributed by atoms with Gasteiger partial charge in [0.25, 0.3) is 0 Å². The van der Waals surface area contributed by atoms with Gasteiger partial charge in [0, 0.05) is 10.9 Å². The Balaban J connectivity index is 3.03. The maximum absolute atomic E-state index is 14.0. The molecule has 2 nitrogen and oxygen atoms in total. The van der Waals surface area contributed by atoms with Gasteiger partial charge in [0.15, 0.2) is 34.9 Å². The first-order valence-electron chi connectivity index (χ1n) is 5.54. The van der Waals surface area contributed by atoms with Crippen molar-refractivity contribution in [1.29, 1.82) is 0 Å². The molecule has 0 spiro atoms. The highest BCUT2D eigenvalue weighted by Gasteiger charge is 2.30. The van der Waals surface area contributed by atoms with Crippen LogP contribution in [-0.4, -0.2) is 0 Å². The second-order valence-electron chi connectivity index (χ2n) is 4.29. The summed E-state index contributed by atoms with van der Waals surface area (Å²) >= 11 is 0. The van der Waals surface area contributed by atoms with Gasteiger partial charge in [-0.15, -0.1) is 18.5 Å². The fourth-order valence-electron chi connectivity index (χ4n) is 1.86. The fraction of sp³-hybridized carbons (Fsp3) is 0. The Morgan fingerprint density at radius 1 is 0.500 bits per heavy atom. The van der Waals surface area contributed by atoms with Crippen LogP contribution in [0.1, 0.15) is 0 Å². The molecule has 2 aromatic carbocycles. The molecule has 0 aromatic heterocycles. The molecule has 2 rings (SSSR count). The minimum Gasteiger partial charge on any atom is -0.396 e. The van der Waals surface area contributed by atoms with Gasteiger partial charge in [-0.05, 0) is 5.30 Å². The number of hydrogen-bond acceptors (Lipinski definition) is 2. The van der Waals surface area contributed by atoms with Gasteiger partial charge in [-0.1, -0.05) is 0 Å². The highest BCUT2D eigenvalue weighted by Crippen LogP contribution is 2.35. The van der Waals surface area contributed by atoms with E-state index in [-0.39, 0.29) is 10.6 Å². The average molecular weight is 356 g/mol. The SMILES string of the molecule is Nc1c(F)c(F)c(-c2c(F)c(F)c(N)c(P)c2P)c(F)c1F. The van der Waals surface area contributed by atoms with E-state index in [4.69, 9.17) is 11.5 Å². The van der Waals surface area contributed by atoms with Gasteiger partial charge < -0.3 is 11.5 Å². The Bertz CT molecular complexity index is 684. The molecule has 2 unspecified atom stereocenters. The molecule has 0 bridgehead atoms. The lowest BCUT2D eigenvalue weighted by Crippen LogP contribution is -2.23. The Morgan fingerprint density at radius 2 is 0.864 bits per heavy atom. The minimum absolute atomic E-state index is 0.129. The first-order valence-corrected chi connectivity index (χ1v) is 6.69. The number of halogens is 6. The lowest BCUT2D eigenvalue weighted by atomic mass is 10.0. The minimum atomic E-state index is -1.94. The third-order valence-corrected chi connectivity index (χ3v) is 4.60. The predicted octanol–water partition coefficient (Wildman–Crippen LogP) is 2.35. The fourth-order valence-corrected chi connectivity index (χ4v) is 2.55. The van der Waals surface area contributed by atoms with E-state index in [2.05, 4.69) is 0 Å². The second kappa shape index (κ2) is 5.60. The van der Waals surface area contributed by atoms with Gasteiger partial charge in [-0.3, -0.25) is 0 Å². The maximum atomic E-state index is 14.0. The first kappa shape index (κ1) is 16.8. The van der Waals surface area contributed by atoms with Gasteiger partial charge in [-0.2, -0.15) is 0 Å². The van der Waals surface area contributed by atoms with Crippen LogP contribution in [0, 0.1) is 34.9 Å². The number of nitrogen functional groups attached to an aromatic ring is 2. The van der Waals surface area contributed by atoms with Gasteiger partial charge in [-0.25, -0.2) is 26.3 Å². The third-order valence-electron chi connectivity index (χ3n) is 3.05. The summed E-state index contributed by atoms with van der Waals surface area (Å²) in [6.07, 6.45) is 0. The van der Waals surface area contributed by atoms with Crippen molar-refractivity contribution in [1.82, 2.24) is 0 Å². The van der Waals surface area contributed by atoms with Crippen LogP contribution in [0.4, 0.5) is 37.7 Å². The molecule has 0 aliphatic carbocycles. The smallest absolute Gasteiger partial charge is 0.185 e.